The van der Waals surface area contributed by atoms with Gasteiger partial charge in [-0.1, -0.05) is 11.6 Å². The van der Waals surface area contributed by atoms with E-state index in [0.717, 1.165) is 12.8 Å². The summed E-state index contributed by atoms with van der Waals surface area (Å²) in [5, 5.41) is 0.102. The zero-order valence-corrected chi connectivity index (χ0v) is 8.96. The second-order valence-corrected chi connectivity index (χ2v) is 4.06. The summed E-state index contributed by atoms with van der Waals surface area (Å²) in [6.07, 6.45) is -0.138. The van der Waals surface area contributed by atoms with Gasteiger partial charge in [-0.25, -0.2) is 4.98 Å². The van der Waals surface area contributed by atoms with Crippen molar-refractivity contribution in [2.75, 3.05) is 11.4 Å². The maximum atomic E-state index is 12.4. The molecule has 0 aliphatic heterocycles. The maximum Gasteiger partial charge on any atom is 0.405 e. The SMILES string of the molecule is FC(F)(F)CN(c1cncc(Cl)n1)C1CC1. The van der Waals surface area contributed by atoms with Crippen molar-refractivity contribution < 1.29 is 13.2 Å². The molecule has 2 rings (SSSR count). The van der Waals surface area contributed by atoms with Gasteiger partial charge in [-0.05, 0) is 12.8 Å². The molecule has 0 bridgehead atoms. The monoisotopic (exact) mass is 251 g/mol. The minimum Gasteiger partial charge on any atom is -0.343 e. The third-order valence-electron chi connectivity index (χ3n) is 2.22. The summed E-state index contributed by atoms with van der Waals surface area (Å²) < 4.78 is 37.1. The Morgan fingerprint density at radius 2 is 2.06 bits per heavy atom. The second-order valence-electron chi connectivity index (χ2n) is 3.67. The number of halogens is 4. The van der Waals surface area contributed by atoms with Crippen LogP contribution in [0.15, 0.2) is 12.4 Å². The predicted octanol–water partition coefficient (Wildman–Crippen LogP) is 2.66. The minimum absolute atomic E-state index is 0.0885. The maximum absolute atomic E-state index is 12.4. The number of anilines is 1. The molecule has 7 heteroatoms. The molecule has 0 N–H and O–H groups in total. The van der Waals surface area contributed by atoms with Crippen molar-refractivity contribution in [3.05, 3.63) is 17.5 Å². The Morgan fingerprint density at radius 1 is 1.38 bits per heavy atom. The molecule has 0 unspecified atom stereocenters. The molecule has 0 spiro atoms. The molecule has 16 heavy (non-hydrogen) atoms. The van der Waals surface area contributed by atoms with Gasteiger partial charge in [0.25, 0.3) is 0 Å². The van der Waals surface area contributed by atoms with Gasteiger partial charge in [-0.2, -0.15) is 13.2 Å². The van der Waals surface area contributed by atoms with Crippen LogP contribution in [0.2, 0.25) is 5.15 Å². The summed E-state index contributed by atoms with van der Waals surface area (Å²) in [5.41, 5.74) is 0. The van der Waals surface area contributed by atoms with Gasteiger partial charge in [0.05, 0.1) is 12.4 Å². The van der Waals surface area contributed by atoms with Crippen molar-refractivity contribution in [3.63, 3.8) is 0 Å². The lowest BCUT2D eigenvalue weighted by Crippen LogP contribution is -2.36. The number of hydrogen-bond donors (Lipinski definition) is 0. The van der Waals surface area contributed by atoms with Crippen LogP contribution in [-0.4, -0.2) is 28.7 Å². The van der Waals surface area contributed by atoms with E-state index in [9.17, 15) is 13.2 Å². The highest BCUT2D eigenvalue weighted by atomic mass is 35.5. The van der Waals surface area contributed by atoms with Gasteiger partial charge < -0.3 is 4.90 Å². The zero-order valence-electron chi connectivity index (χ0n) is 8.21. The Morgan fingerprint density at radius 3 is 2.56 bits per heavy atom. The molecule has 1 aromatic heterocycles. The van der Waals surface area contributed by atoms with Crippen LogP contribution in [0, 0.1) is 0 Å². The fourth-order valence-electron chi connectivity index (χ4n) is 1.45. The summed E-state index contributed by atoms with van der Waals surface area (Å²) in [6, 6.07) is -0.0885. The molecular weight excluding hydrogens is 243 g/mol. The fraction of sp³-hybridized carbons (Fsp3) is 0.556. The molecule has 0 aromatic carbocycles. The van der Waals surface area contributed by atoms with Crippen LogP contribution in [0.5, 0.6) is 0 Å². The second kappa shape index (κ2) is 4.08. The van der Waals surface area contributed by atoms with E-state index in [0.29, 0.717) is 0 Å². The van der Waals surface area contributed by atoms with Gasteiger partial charge >= 0.3 is 6.18 Å². The van der Waals surface area contributed by atoms with Crippen LogP contribution in [0.25, 0.3) is 0 Å². The highest BCUT2D eigenvalue weighted by Gasteiger charge is 2.38. The molecule has 88 valence electrons. The Bertz CT molecular complexity index is 379. The van der Waals surface area contributed by atoms with E-state index in [-0.39, 0.29) is 17.0 Å². The van der Waals surface area contributed by atoms with E-state index in [1.54, 1.807) is 0 Å². The number of alkyl halides is 3. The van der Waals surface area contributed by atoms with E-state index < -0.39 is 12.7 Å². The zero-order chi connectivity index (χ0) is 11.8. The number of aromatic nitrogens is 2. The van der Waals surface area contributed by atoms with Gasteiger partial charge in [0, 0.05) is 6.04 Å². The Balaban J connectivity index is 2.19. The molecule has 0 atom stereocenters. The lowest BCUT2D eigenvalue weighted by atomic mass is 10.4. The van der Waals surface area contributed by atoms with Gasteiger partial charge in [0.15, 0.2) is 0 Å². The molecule has 3 nitrogen and oxygen atoms in total. The van der Waals surface area contributed by atoms with Crippen molar-refractivity contribution in [2.45, 2.75) is 25.1 Å². The first-order valence-corrected chi connectivity index (χ1v) is 5.14. The molecule has 0 amide bonds. The molecule has 1 heterocycles. The van der Waals surface area contributed by atoms with Crippen LogP contribution in [0.1, 0.15) is 12.8 Å². The molecule has 1 saturated carbocycles. The average Bonchev–Trinajstić information content (AvgIpc) is 2.96. The van der Waals surface area contributed by atoms with Gasteiger partial charge in [0.1, 0.15) is 17.5 Å². The standard InChI is InChI=1S/C9H9ClF3N3/c10-7-3-14-4-8(15-7)16(6-1-2-6)5-9(11,12)13/h3-4,6H,1-2,5H2. The largest absolute Gasteiger partial charge is 0.405 e. The molecule has 0 radical (unpaired) electrons. The van der Waals surface area contributed by atoms with Crippen molar-refractivity contribution in [1.29, 1.82) is 0 Å². The van der Waals surface area contributed by atoms with Crippen molar-refractivity contribution in [3.8, 4) is 0 Å². The van der Waals surface area contributed by atoms with Gasteiger partial charge in [-0.15, -0.1) is 0 Å². The summed E-state index contributed by atoms with van der Waals surface area (Å²) in [4.78, 5) is 8.80. The van der Waals surface area contributed by atoms with E-state index in [1.165, 1.54) is 17.3 Å². The van der Waals surface area contributed by atoms with Crippen molar-refractivity contribution in [2.24, 2.45) is 0 Å². The average molecular weight is 252 g/mol. The van der Waals surface area contributed by atoms with Gasteiger partial charge in [0.2, 0.25) is 0 Å². The van der Waals surface area contributed by atoms with E-state index in [2.05, 4.69) is 9.97 Å². The van der Waals surface area contributed by atoms with Crippen molar-refractivity contribution >= 4 is 17.4 Å². The van der Waals surface area contributed by atoms with E-state index >= 15 is 0 Å². The lowest BCUT2D eigenvalue weighted by Gasteiger charge is -2.24. The molecule has 1 aromatic rings. The summed E-state index contributed by atoms with van der Waals surface area (Å²) in [5.74, 6) is 0.187. The van der Waals surface area contributed by atoms with Crippen molar-refractivity contribution in [1.82, 2.24) is 9.97 Å². The van der Waals surface area contributed by atoms with E-state index in [4.69, 9.17) is 11.6 Å². The van der Waals surface area contributed by atoms with E-state index in [1.807, 2.05) is 0 Å². The normalized spacial score (nSPS) is 16.2. The van der Waals surface area contributed by atoms with Crippen LogP contribution in [0.4, 0.5) is 19.0 Å². The summed E-state index contributed by atoms with van der Waals surface area (Å²) in [6.45, 7) is -1.01. The quantitative estimate of drug-likeness (QED) is 0.827. The smallest absolute Gasteiger partial charge is 0.343 e. The third-order valence-corrected chi connectivity index (χ3v) is 2.41. The minimum atomic E-state index is -4.24. The molecule has 0 saturated heterocycles. The summed E-state index contributed by atoms with van der Waals surface area (Å²) in [7, 11) is 0. The summed E-state index contributed by atoms with van der Waals surface area (Å²) >= 11 is 5.60. The number of nitrogens with zero attached hydrogens (tertiary/aromatic N) is 3. The predicted molar refractivity (Wildman–Crippen MR) is 53.5 cm³/mol. The van der Waals surface area contributed by atoms with Crippen LogP contribution >= 0.6 is 11.6 Å². The third kappa shape index (κ3) is 2.98. The first kappa shape index (κ1) is 11.4. The Hall–Kier alpha value is -1.04. The lowest BCUT2D eigenvalue weighted by molar-refractivity contribution is -0.120. The molecule has 1 fully saturated rings. The first-order valence-electron chi connectivity index (χ1n) is 4.76. The highest BCUT2D eigenvalue weighted by molar-refractivity contribution is 6.29. The number of hydrogen-bond acceptors (Lipinski definition) is 3. The Kier molecular flexibility index (Phi) is 2.92. The van der Waals surface area contributed by atoms with Crippen LogP contribution < -0.4 is 4.90 Å². The first-order chi connectivity index (χ1) is 7.46. The van der Waals surface area contributed by atoms with Crippen LogP contribution in [0.3, 0.4) is 0 Å². The highest BCUT2D eigenvalue weighted by Crippen LogP contribution is 2.33. The topological polar surface area (TPSA) is 29.0 Å². The molecular formula is C9H9ClF3N3. The molecule has 1 aliphatic rings. The number of rotatable bonds is 3. The fourth-order valence-corrected chi connectivity index (χ4v) is 1.59. The van der Waals surface area contributed by atoms with Crippen LogP contribution in [-0.2, 0) is 0 Å². The Labute approximate surface area is 95.2 Å². The van der Waals surface area contributed by atoms with Gasteiger partial charge in [-0.3, -0.25) is 4.98 Å². The molecule has 1 aliphatic carbocycles.